The molecule has 2 heterocycles. The second-order valence-corrected chi connectivity index (χ2v) is 7.97. The van der Waals surface area contributed by atoms with Crippen molar-refractivity contribution < 1.29 is 24.0 Å². The maximum atomic E-state index is 12.8. The van der Waals surface area contributed by atoms with Crippen molar-refractivity contribution in [3.05, 3.63) is 68.1 Å². The largest absolute Gasteiger partial charge is 0.454 e. The fourth-order valence-electron chi connectivity index (χ4n) is 2.92. The Morgan fingerprint density at radius 3 is 2.70 bits per heavy atom. The summed E-state index contributed by atoms with van der Waals surface area (Å²) in [6, 6.07) is 9.59. The van der Waals surface area contributed by atoms with Gasteiger partial charge in [0.05, 0.1) is 21.5 Å². The number of amides is 2. The van der Waals surface area contributed by atoms with Crippen LogP contribution in [0.25, 0.3) is 6.08 Å². The summed E-state index contributed by atoms with van der Waals surface area (Å²) in [5.74, 6) is -0.467. The number of benzene rings is 2. The second kappa shape index (κ2) is 7.76. The standard InChI is InChI=1S/C19H13N3O6S2/c1-10-4-2-3-5-12(10)17(23)20-21-18(24)16(30-19(21)29)7-11-6-14-15(28-9-27-14)8-13(11)22(25)26/h2-8H,9H2,1H3,(H,20,23)/b16-7+. The molecule has 1 N–H and O–H groups in total. The number of carbonyl (C=O) groups is 2. The van der Waals surface area contributed by atoms with Crippen LogP contribution in [0.4, 0.5) is 5.69 Å². The Labute approximate surface area is 179 Å². The minimum atomic E-state index is -0.584. The molecule has 2 amide bonds. The van der Waals surface area contributed by atoms with Gasteiger partial charge in [-0.2, -0.15) is 5.01 Å². The topological polar surface area (TPSA) is 111 Å². The van der Waals surface area contributed by atoms with Crippen LogP contribution >= 0.6 is 24.0 Å². The van der Waals surface area contributed by atoms with Crippen molar-refractivity contribution in [1.82, 2.24) is 10.4 Å². The van der Waals surface area contributed by atoms with Gasteiger partial charge in [0.1, 0.15) is 0 Å². The molecule has 0 bridgehead atoms. The zero-order chi connectivity index (χ0) is 21.4. The van der Waals surface area contributed by atoms with Gasteiger partial charge in [0.15, 0.2) is 15.8 Å². The molecular formula is C19H13N3O6S2. The molecule has 0 atom stereocenters. The number of nitro groups is 1. The van der Waals surface area contributed by atoms with E-state index >= 15 is 0 Å². The van der Waals surface area contributed by atoms with Crippen LogP contribution in [0.2, 0.25) is 0 Å². The maximum absolute atomic E-state index is 12.8. The summed E-state index contributed by atoms with van der Waals surface area (Å²) in [7, 11) is 0. The number of nitro benzene ring substituents is 1. The number of nitrogens with zero attached hydrogens (tertiary/aromatic N) is 2. The highest BCUT2D eigenvalue weighted by Crippen LogP contribution is 2.40. The van der Waals surface area contributed by atoms with Gasteiger partial charge in [-0.25, -0.2) is 0 Å². The maximum Gasteiger partial charge on any atom is 0.285 e. The second-order valence-electron chi connectivity index (χ2n) is 6.29. The van der Waals surface area contributed by atoms with Crippen molar-refractivity contribution in [2.24, 2.45) is 0 Å². The van der Waals surface area contributed by atoms with Gasteiger partial charge < -0.3 is 9.47 Å². The minimum absolute atomic E-state index is 0.0387. The predicted molar refractivity (Wildman–Crippen MR) is 113 cm³/mol. The smallest absolute Gasteiger partial charge is 0.285 e. The lowest BCUT2D eigenvalue weighted by atomic mass is 10.1. The van der Waals surface area contributed by atoms with Crippen molar-refractivity contribution in [2.45, 2.75) is 6.92 Å². The van der Waals surface area contributed by atoms with Crippen LogP contribution in [0.15, 0.2) is 41.3 Å². The van der Waals surface area contributed by atoms with Gasteiger partial charge in [-0.3, -0.25) is 25.1 Å². The molecule has 0 radical (unpaired) electrons. The molecule has 0 spiro atoms. The molecule has 0 unspecified atom stereocenters. The van der Waals surface area contributed by atoms with E-state index in [2.05, 4.69) is 5.43 Å². The van der Waals surface area contributed by atoms with Crippen molar-refractivity contribution >= 4 is 51.9 Å². The summed E-state index contributed by atoms with van der Waals surface area (Å²) in [4.78, 5) is 36.3. The fourth-order valence-corrected chi connectivity index (χ4v) is 4.09. The molecule has 9 nitrogen and oxygen atoms in total. The Morgan fingerprint density at radius 1 is 1.30 bits per heavy atom. The van der Waals surface area contributed by atoms with Crippen LogP contribution in [-0.4, -0.2) is 32.9 Å². The lowest BCUT2D eigenvalue weighted by molar-refractivity contribution is -0.385. The van der Waals surface area contributed by atoms with Gasteiger partial charge in [0.2, 0.25) is 6.79 Å². The van der Waals surface area contributed by atoms with Gasteiger partial charge in [-0.05, 0) is 42.9 Å². The molecule has 0 saturated carbocycles. The number of hydrogen-bond donors (Lipinski definition) is 1. The van der Waals surface area contributed by atoms with E-state index in [9.17, 15) is 19.7 Å². The van der Waals surface area contributed by atoms with E-state index in [0.717, 1.165) is 22.3 Å². The third kappa shape index (κ3) is 3.60. The van der Waals surface area contributed by atoms with E-state index in [0.29, 0.717) is 11.3 Å². The van der Waals surface area contributed by atoms with Gasteiger partial charge in [0, 0.05) is 5.56 Å². The number of hydrazine groups is 1. The number of thioether (sulfide) groups is 1. The Kier molecular flexibility index (Phi) is 5.14. The molecular weight excluding hydrogens is 430 g/mol. The first-order valence-corrected chi connectivity index (χ1v) is 9.80. The Balaban J connectivity index is 1.62. The number of nitrogens with one attached hydrogen (secondary N) is 1. The summed E-state index contributed by atoms with van der Waals surface area (Å²) >= 11 is 6.14. The summed E-state index contributed by atoms with van der Waals surface area (Å²) < 4.78 is 10.5. The highest BCUT2D eigenvalue weighted by atomic mass is 32.2. The van der Waals surface area contributed by atoms with Gasteiger partial charge in [-0.1, -0.05) is 30.0 Å². The highest BCUT2D eigenvalue weighted by Gasteiger charge is 2.35. The fraction of sp³-hybridized carbons (Fsp3) is 0.105. The average Bonchev–Trinajstić information content (AvgIpc) is 3.27. The molecule has 30 heavy (non-hydrogen) atoms. The molecule has 2 aliphatic heterocycles. The van der Waals surface area contributed by atoms with E-state index in [1.807, 2.05) is 0 Å². The number of fused-ring (bicyclic) bond motifs is 1. The Bertz CT molecular complexity index is 1150. The summed E-state index contributed by atoms with van der Waals surface area (Å²) in [5.41, 5.74) is 3.56. The third-order valence-corrected chi connectivity index (χ3v) is 5.70. The summed E-state index contributed by atoms with van der Waals surface area (Å²) in [6.07, 6.45) is 1.35. The Morgan fingerprint density at radius 2 is 2.00 bits per heavy atom. The van der Waals surface area contributed by atoms with Crippen molar-refractivity contribution in [2.75, 3.05) is 6.79 Å². The van der Waals surface area contributed by atoms with E-state index in [-0.39, 0.29) is 33.0 Å². The molecule has 152 valence electrons. The van der Waals surface area contributed by atoms with Crippen LogP contribution in [0.5, 0.6) is 11.5 Å². The van der Waals surface area contributed by atoms with Crippen LogP contribution in [0, 0.1) is 17.0 Å². The third-order valence-electron chi connectivity index (χ3n) is 4.40. The summed E-state index contributed by atoms with van der Waals surface area (Å²) in [6.45, 7) is 1.74. The Hall–Kier alpha value is -3.44. The lowest BCUT2D eigenvalue weighted by Crippen LogP contribution is -2.45. The predicted octanol–water partition coefficient (Wildman–Crippen LogP) is 3.18. The van der Waals surface area contributed by atoms with Crippen molar-refractivity contribution in [3.8, 4) is 11.5 Å². The normalized spacial score (nSPS) is 16.3. The molecule has 4 rings (SSSR count). The van der Waals surface area contributed by atoms with E-state index in [4.69, 9.17) is 21.7 Å². The van der Waals surface area contributed by atoms with Crippen LogP contribution in [0.1, 0.15) is 21.5 Å². The van der Waals surface area contributed by atoms with Crippen LogP contribution < -0.4 is 14.9 Å². The monoisotopic (exact) mass is 443 g/mol. The first-order valence-electron chi connectivity index (χ1n) is 8.58. The molecule has 0 aromatic heterocycles. The molecule has 1 fully saturated rings. The zero-order valence-corrected chi connectivity index (χ0v) is 17.0. The number of aryl methyl sites for hydroxylation is 1. The quantitative estimate of drug-likeness (QED) is 0.332. The minimum Gasteiger partial charge on any atom is -0.454 e. The van der Waals surface area contributed by atoms with Gasteiger partial charge in [-0.15, -0.1) is 0 Å². The van der Waals surface area contributed by atoms with E-state index in [1.54, 1.807) is 31.2 Å². The number of ether oxygens (including phenoxy) is 2. The number of hydrogen-bond acceptors (Lipinski definition) is 8. The molecule has 2 aliphatic rings. The lowest BCUT2D eigenvalue weighted by Gasteiger charge is -2.16. The first kappa shape index (κ1) is 19.9. The number of thiocarbonyl (C=S) groups is 1. The van der Waals surface area contributed by atoms with Gasteiger partial charge in [0.25, 0.3) is 17.5 Å². The van der Waals surface area contributed by atoms with Crippen LogP contribution in [0.3, 0.4) is 0 Å². The highest BCUT2D eigenvalue weighted by molar-refractivity contribution is 8.26. The molecule has 2 aromatic carbocycles. The number of carbonyl (C=O) groups excluding carboxylic acids is 2. The molecule has 1 saturated heterocycles. The molecule has 2 aromatic rings. The van der Waals surface area contributed by atoms with Crippen molar-refractivity contribution in [3.63, 3.8) is 0 Å². The zero-order valence-electron chi connectivity index (χ0n) is 15.4. The number of rotatable bonds is 4. The van der Waals surface area contributed by atoms with E-state index < -0.39 is 16.7 Å². The van der Waals surface area contributed by atoms with Crippen molar-refractivity contribution in [1.29, 1.82) is 0 Å². The van der Waals surface area contributed by atoms with Crippen LogP contribution in [-0.2, 0) is 4.79 Å². The molecule has 11 heteroatoms. The average molecular weight is 443 g/mol. The summed E-state index contributed by atoms with van der Waals surface area (Å²) in [5, 5.41) is 12.4. The SMILES string of the molecule is Cc1ccccc1C(=O)NN1C(=O)/C(=C\c2cc3c(cc2[N+](=O)[O-])OCO3)SC1=S. The van der Waals surface area contributed by atoms with Gasteiger partial charge >= 0.3 is 0 Å². The first-order chi connectivity index (χ1) is 14.3. The van der Waals surface area contributed by atoms with E-state index in [1.165, 1.54) is 18.2 Å². The molecule has 0 aliphatic carbocycles.